The molecule has 1 saturated heterocycles. The van der Waals surface area contributed by atoms with E-state index in [9.17, 15) is 27.8 Å². The molecule has 1 aliphatic heterocycles. The quantitative estimate of drug-likeness (QED) is 0.669. The maximum Gasteiger partial charge on any atom is 0.253 e. The first-order valence-corrected chi connectivity index (χ1v) is 8.90. The summed E-state index contributed by atoms with van der Waals surface area (Å²) >= 11 is 0. The van der Waals surface area contributed by atoms with Gasteiger partial charge in [-0.15, -0.1) is 0 Å². The molecule has 0 aliphatic carbocycles. The molecule has 0 bridgehead atoms. The zero-order chi connectivity index (χ0) is 17.3. The lowest BCUT2D eigenvalue weighted by Crippen LogP contribution is -2.61. The highest BCUT2D eigenvalue weighted by Gasteiger charge is 2.42. The third-order valence-corrected chi connectivity index (χ3v) is 4.52. The predicted molar refractivity (Wildman–Crippen MR) is 80.7 cm³/mol. The van der Waals surface area contributed by atoms with Gasteiger partial charge in [-0.05, 0) is 30.7 Å². The van der Waals surface area contributed by atoms with Crippen LogP contribution in [-0.4, -0.2) is 67.0 Å². The molecular weight excluding hydrogens is 327 g/mol. The number of carbonyl (C=O) groups is 1. The van der Waals surface area contributed by atoms with Crippen LogP contribution < -0.4 is 4.72 Å². The van der Waals surface area contributed by atoms with Crippen LogP contribution in [0.2, 0.25) is 0 Å². The van der Waals surface area contributed by atoms with Crippen LogP contribution in [0.25, 0.3) is 0 Å². The van der Waals surface area contributed by atoms with Gasteiger partial charge in [-0.2, -0.15) is 0 Å². The van der Waals surface area contributed by atoms with E-state index < -0.39 is 27.5 Å². The van der Waals surface area contributed by atoms with Crippen LogP contribution in [0.4, 0.5) is 4.39 Å². The second-order valence-corrected chi connectivity index (χ2v) is 7.55. The van der Waals surface area contributed by atoms with Gasteiger partial charge in [0.1, 0.15) is 17.5 Å². The minimum atomic E-state index is -3.50. The maximum absolute atomic E-state index is 12.9. The molecule has 1 aliphatic rings. The minimum Gasteiger partial charge on any atom is -0.388 e. The van der Waals surface area contributed by atoms with E-state index in [4.69, 9.17) is 0 Å². The molecule has 2 atom stereocenters. The number of rotatable bonds is 4. The van der Waals surface area contributed by atoms with Crippen LogP contribution in [-0.2, 0) is 10.0 Å². The van der Waals surface area contributed by atoms with E-state index in [1.54, 1.807) is 0 Å². The van der Waals surface area contributed by atoms with Crippen molar-refractivity contribution in [2.45, 2.75) is 18.1 Å². The van der Waals surface area contributed by atoms with Gasteiger partial charge in [-0.25, -0.2) is 17.5 Å². The van der Waals surface area contributed by atoms with Gasteiger partial charge in [0.25, 0.3) is 5.91 Å². The van der Waals surface area contributed by atoms with Crippen molar-refractivity contribution < 1.29 is 27.8 Å². The van der Waals surface area contributed by atoms with Crippen molar-refractivity contribution in [3.8, 4) is 0 Å². The number of nitrogens with one attached hydrogen (secondary N) is 1. The molecule has 0 aromatic heterocycles. The third-order valence-electron chi connectivity index (χ3n) is 3.85. The average Bonchev–Trinajstić information content (AvgIpc) is 2.48. The summed E-state index contributed by atoms with van der Waals surface area (Å²) < 4.78 is 37.3. The molecule has 128 valence electrons. The monoisotopic (exact) mass is 346 g/mol. The Morgan fingerprint density at radius 2 is 2.04 bits per heavy atom. The molecular formula is C14H19FN2O5S. The van der Waals surface area contributed by atoms with Gasteiger partial charge in [0, 0.05) is 25.2 Å². The molecule has 1 fully saturated rings. The number of aliphatic hydroxyl groups is 2. The van der Waals surface area contributed by atoms with Gasteiger partial charge in [0.2, 0.25) is 10.0 Å². The second kappa shape index (κ2) is 6.52. The number of hydrogen-bond donors (Lipinski definition) is 3. The highest BCUT2D eigenvalue weighted by atomic mass is 32.2. The molecule has 1 amide bonds. The Balaban J connectivity index is 2.02. The van der Waals surface area contributed by atoms with Gasteiger partial charge in [0.15, 0.2) is 0 Å². The highest BCUT2D eigenvalue weighted by Crippen LogP contribution is 2.23. The summed E-state index contributed by atoms with van der Waals surface area (Å²) in [6, 6.07) is 5.02. The Morgan fingerprint density at radius 1 is 1.43 bits per heavy atom. The first-order chi connectivity index (χ1) is 10.6. The van der Waals surface area contributed by atoms with E-state index in [2.05, 4.69) is 4.72 Å². The molecule has 7 nitrogen and oxygen atoms in total. The van der Waals surface area contributed by atoms with E-state index in [0.717, 1.165) is 6.26 Å². The minimum absolute atomic E-state index is 0.0175. The predicted octanol–water partition coefficient (Wildman–Crippen LogP) is -0.687. The summed E-state index contributed by atoms with van der Waals surface area (Å²) in [5.74, 6) is -0.844. The molecule has 0 unspecified atom stereocenters. The standard InChI is InChI=1S/C14H19FN2O5S/c1-23(21,22)16-9-14(20)6-7-17(8-12(14)18)13(19)10-2-4-11(15)5-3-10/h2-5,12,16,18,20H,6-9H2,1H3/t12-,14-/m1/s1. The Morgan fingerprint density at radius 3 is 2.57 bits per heavy atom. The largest absolute Gasteiger partial charge is 0.388 e. The number of sulfonamides is 1. The molecule has 0 radical (unpaired) electrons. The van der Waals surface area contributed by atoms with Crippen molar-refractivity contribution in [2.24, 2.45) is 0 Å². The van der Waals surface area contributed by atoms with E-state index in [1.807, 2.05) is 0 Å². The highest BCUT2D eigenvalue weighted by molar-refractivity contribution is 7.88. The summed E-state index contributed by atoms with van der Waals surface area (Å²) in [7, 11) is -3.50. The van der Waals surface area contributed by atoms with Crippen LogP contribution in [0.5, 0.6) is 0 Å². The zero-order valence-electron chi connectivity index (χ0n) is 12.6. The van der Waals surface area contributed by atoms with Crippen molar-refractivity contribution in [2.75, 3.05) is 25.9 Å². The van der Waals surface area contributed by atoms with Gasteiger partial charge in [0.05, 0.1) is 6.26 Å². The zero-order valence-corrected chi connectivity index (χ0v) is 13.4. The van der Waals surface area contributed by atoms with Crippen molar-refractivity contribution in [3.05, 3.63) is 35.6 Å². The molecule has 1 aromatic carbocycles. The normalized spacial score (nSPS) is 25.4. The van der Waals surface area contributed by atoms with E-state index in [-0.39, 0.29) is 37.5 Å². The topological polar surface area (TPSA) is 107 Å². The summed E-state index contributed by atoms with van der Waals surface area (Å²) in [5.41, 5.74) is -1.36. The van der Waals surface area contributed by atoms with Crippen LogP contribution in [0.15, 0.2) is 24.3 Å². The van der Waals surface area contributed by atoms with Gasteiger partial charge >= 0.3 is 0 Å². The maximum atomic E-state index is 12.9. The smallest absolute Gasteiger partial charge is 0.253 e. The van der Waals surface area contributed by atoms with Crippen LogP contribution in [0.1, 0.15) is 16.8 Å². The van der Waals surface area contributed by atoms with Crippen molar-refractivity contribution >= 4 is 15.9 Å². The molecule has 2 rings (SSSR count). The Hall–Kier alpha value is -1.55. The Labute approximate surface area is 133 Å². The summed E-state index contributed by atoms with van der Waals surface area (Å²) in [4.78, 5) is 13.6. The number of aliphatic hydroxyl groups excluding tert-OH is 1. The average molecular weight is 346 g/mol. The summed E-state index contributed by atoms with van der Waals surface area (Å²) in [6.45, 7) is -0.320. The molecule has 23 heavy (non-hydrogen) atoms. The van der Waals surface area contributed by atoms with Crippen LogP contribution in [0.3, 0.4) is 0 Å². The number of likely N-dealkylation sites (tertiary alicyclic amines) is 1. The number of piperidine rings is 1. The van der Waals surface area contributed by atoms with Gasteiger partial charge in [-0.1, -0.05) is 0 Å². The lowest BCUT2D eigenvalue weighted by molar-refractivity contribution is -0.107. The SMILES string of the molecule is CS(=O)(=O)NC[C@]1(O)CCN(C(=O)c2ccc(F)cc2)C[C@H]1O. The van der Waals surface area contributed by atoms with Crippen LogP contribution >= 0.6 is 0 Å². The second-order valence-electron chi connectivity index (χ2n) is 5.72. The fourth-order valence-corrected chi connectivity index (χ4v) is 2.90. The Bertz CT molecular complexity index is 679. The molecule has 0 spiro atoms. The van der Waals surface area contributed by atoms with E-state index >= 15 is 0 Å². The first-order valence-electron chi connectivity index (χ1n) is 7.01. The number of halogens is 1. The fourth-order valence-electron chi connectivity index (χ4n) is 2.39. The van der Waals surface area contributed by atoms with E-state index in [1.165, 1.54) is 29.2 Å². The lowest BCUT2D eigenvalue weighted by atomic mass is 9.88. The fraction of sp³-hybridized carbons (Fsp3) is 0.500. The lowest BCUT2D eigenvalue weighted by Gasteiger charge is -2.42. The molecule has 3 N–H and O–H groups in total. The van der Waals surface area contributed by atoms with Crippen molar-refractivity contribution in [1.29, 1.82) is 0 Å². The first kappa shape index (κ1) is 17.8. The van der Waals surface area contributed by atoms with Gasteiger partial charge in [-0.3, -0.25) is 4.79 Å². The van der Waals surface area contributed by atoms with E-state index in [0.29, 0.717) is 0 Å². The van der Waals surface area contributed by atoms with Crippen molar-refractivity contribution in [3.63, 3.8) is 0 Å². The van der Waals surface area contributed by atoms with Crippen molar-refractivity contribution in [1.82, 2.24) is 9.62 Å². The molecule has 1 aromatic rings. The molecule has 9 heteroatoms. The number of nitrogens with zero attached hydrogens (tertiary/aromatic N) is 1. The van der Waals surface area contributed by atoms with Crippen LogP contribution in [0, 0.1) is 5.82 Å². The van der Waals surface area contributed by atoms with Gasteiger partial charge < -0.3 is 15.1 Å². The number of benzene rings is 1. The summed E-state index contributed by atoms with van der Waals surface area (Å²) in [5, 5.41) is 20.4. The number of carbonyl (C=O) groups excluding carboxylic acids is 1. The molecule has 1 heterocycles. The number of amides is 1. The number of hydrogen-bond acceptors (Lipinski definition) is 5. The molecule has 0 saturated carbocycles. The summed E-state index contributed by atoms with van der Waals surface area (Å²) in [6.07, 6.45) is -0.325. The number of β-amino-alcohol motifs (C(OH)–C–C–N with tert-alkyl or cyclic N) is 1. The third kappa shape index (κ3) is 4.47. The Kier molecular flexibility index (Phi) is 5.04.